The first kappa shape index (κ1) is 16.3. The number of likely N-dealkylation sites (N-methyl/N-ethyl adjacent to an activating group) is 1. The summed E-state index contributed by atoms with van der Waals surface area (Å²) >= 11 is 7.80. The number of rotatable bonds is 7. The highest BCUT2D eigenvalue weighted by Gasteiger charge is 2.41. The van der Waals surface area contributed by atoms with Gasteiger partial charge in [0, 0.05) is 16.5 Å². The normalized spacial score (nSPS) is 18.6. The zero-order chi connectivity index (χ0) is 14.6. The summed E-state index contributed by atoms with van der Waals surface area (Å²) in [4.78, 5) is 4.11. The molecular formula is C16H27ClN2S. The Balaban J connectivity index is 2.19. The molecule has 1 aromatic heterocycles. The molecular weight excluding hydrogens is 288 g/mol. The molecule has 2 rings (SSSR count). The first-order valence-electron chi connectivity index (χ1n) is 7.82. The van der Waals surface area contributed by atoms with E-state index in [1.165, 1.54) is 43.6 Å². The van der Waals surface area contributed by atoms with Crippen molar-refractivity contribution >= 4 is 22.9 Å². The van der Waals surface area contributed by atoms with Gasteiger partial charge in [0.25, 0.3) is 0 Å². The second kappa shape index (κ2) is 7.26. The molecule has 1 unspecified atom stereocenters. The monoisotopic (exact) mass is 314 g/mol. The summed E-state index contributed by atoms with van der Waals surface area (Å²) in [5.74, 6) is 0. The molecule has 0 spiro atoms. The van der Waals surface area contributed by atoms with Crippen LogP contribution >= 0.6 is 22.9 Å². The fourth-order valence-electron chi connectivity index (χ4n) is 3.80. The lowest BCUT2D eigenvalue weighted by atomic mass is 9.81. The molecule has 114 valence electrons. The van der Waals surface area contributed by atoms with Crippen LogP contribution < -0.4 is 5.32 Å². The van der Waals surface area contributed by atoms with Crippen LogP contribution in [0.4, 0.5) is 0 Å². The molecule has 0 aliphatic carbocycles. The molecule has 1 aliphatic heterocycles. The van der Waals surface area contributed by atoms with Gasteiger partial charge in [-0.2, -0.15) is 0 Å². The van der Waals surface area contributed by atoms with E-state index in [9.17, 15) is 0 Å². The van der Waals surface area contributed by atoms with Gasteiger partial charge in [0.15, 0.2) is 0 Å². The summed E-state index contributed by atoms with van der Waals surface area (Å²) in [6.45, 7) is 7.19. The lowest BCUT2D eigenvalue weighted by Gasteiger charge is -2.47. The van der Waals surface area contributed by atoms with E-state index in [1.54, 1.807) is 11.3 Å². The van der Waals surface area contributed by atoms with Crippen LogP contribution in [0.1, 0.15) is 44.4 Å². The van der Waals surface area contributed by atoms with E-state index in [2.05, 4.69) is 37.2 Å². The number of likely N-dealkylation sites (tertiary alicyclic amines) is 1. The van der Waals surface area contributed by atoms with Crippen molar-refractivity contribution in [2.45, 2.75) is 57.5 Å². The third-order valence-corrected chi connectivity index (χ3v) is 6.25. The van der Waals surface area contributed by atoms with Gasteiger partial charge in [-0.05, 0) is 64.4 Å². The van der Waals surface area contributed by atoms with Crippen LogP contribution in [0.3, 0.4) is 0 Å². The lowest BCUT2D eigenvalue weighted by Crippen LogP contribution is -2.60. The van der Waals surface area contributed by atoms with Gasteiger partial charge in [0.05, 0.1) is 4.34 Å². The van der Waals surface area contributed by atoms with Crippen molar-refractivity contribution in [3.05, 3.63) is 21.3 Å². The van der Waals surface area contributed by atoms with Gasteiger partial charge in [-0.1, -0.05) is 25.4 Å². The fourth-order valence-corrected chi connectivity index (χ4v) is 4.93. The van der Waals surface area contributed by atoms with E-state index in [4.69, 9.17) is 11.6 Å². The molecule has 0 radical (unpaired) electrons. The molecule has 0 amide bonds. The average Bonchev–Trinajstić information content (AvgIpc) is 3.11. The van der Waals surface area contributed by atoms with Gasteiger partial charge in [0.1, 0.15) is 0 Å². The van der Waals surface area contributed by atoms with Crippen LogP contribution in [0.5, 0.6) is 0 Å². The summed E-state index contributed by atoms with van der Waals surface area (Å²) in [5, 5.41) is 3.60. The first-order valence-corrected chi connectivity index (χ1v) is 9.02. The fraction of sp³-hybridized carbons (Fsp3) is 0.750. The zero-order valence-electron chi connectivity index (χ0n) is 12.9. The Morgan fingerprint density at radius 3 is 2.40 bits per heavy atom. The quantitative estimate of drug-likeness (QED) is 0.812. The van der Waals surface area contributed by atoms with Crippen LogP contribution in [-0.2, 0) is 6.42 Å². The highest BCUT2D eigenvalue weighted by molar-refractivity contribution is 7.16. The Kier molecular flexibility index (Phi) is 5.91. The van der Waals surface area contributed by atoms with Gasteiger partial charge in [-0.25, -0.2) is 0 Å². The number of nitrogens with one attached hydrogen (secondary N) is 1. The van der Waals surface area contributed by atoms with Gasteiger partial charge in [-0.3, -0.25) is 4.90 Å². The van der Waals surface area contributed by atoms with Crippen molar-refractivity contribution < 1.29 is 0 Å². The van der Waals surface area contributed by atoms with E-state index in [1.807, 2.05) is 6.07 Å². The summed E-state index contributed by atoms with van der Waals surface area (Å²) in [6.07, 6.45) is 6.18. The van der Waals surface area contributed by atoms with E-state index in [-0.39, 0.29) is 5.54 Å². The Labute approximate surface area is 132 Å². The van der Waals surface area contributed by atoms with Gasteiger partial charge in [0.2, 0.25) is 0 Å². The molecule has 0 aromatic carbocycles. The minimum absolute atomic E-state index is 0.279. The smallest absolute Gasteiger partial charge is 0.0931 e. The van der Waals surface area contributed by atoms with Crippen molar-refractivity contribution in [2.24, 2.45) is 0 Å². The maximum absolute atomic E-state index is 6.08. The third-order valence-electron chi connectivity index (χ3n) is 4.99. The highest BCUT2D eigenvalue weighted by Crippen LogP contribution is 2.34. The SMILES string of the molecule is CCC(CC)(C(Cc1ccc(Cl)s1)NC)N1CCCC1. The van der Waals surface area contributed by atoms with Crippen LogP contribution in [0.15, 0.2) is 12.1 Å². The van der Waals surface area contributed by atoms with Crippen LogP contribution in [0.2, 0.25) is 4.34 Å². The lowest BCUT2D eigenvalue weighted by molar-refractivity contribution is 0.0653. The number of hydrogen-bond acceptors (Lipinski definition) is 3. The van der Waals surface area contributed by atoms with Gasteiger partial charge >= 0.3 is 0 Å². The maximum Gasteiger partial charge on any atom is 0.0931 e. The predicted octanol–water partition coefficient (Wildman–Crippen LogP) is 4.19. The van der Waals surface area contributed by atoms with Crippen molar-refractivity contribution in [2.75, 3.05) is 20.1 Å². The minimum Gasteiger partial charge on any atom is -0.315 e. The molecule has 1 atom stereocenters. The maximum atomic E-state index is 6.08. The number of thiophene rings is 1. The van der Waals surface area contributed by atoms with E-state index >= 15 is 0 Å². The molecule has 2 nitrogen and oxygen atoms in total. The van der Waals surface area contributed by atoms with Crippen molar-refractivity contribution in [3.8, 4) is 0 Å². The molecule has 1 fully saturated rings. The topological polar surface area (TPSA) is 15.3 Å². The van der Waals surface area contributed by atoms with Crippen molar-refractivity contribution in [3.63, 3.8) is 0 Å². The highest BCUT2D eigenvalue weighted by atomic mass is 35.5. The van der Waals surface area contributed by atoms with Crippen molar-refractivity contribution in [1.82, 2.24) is 10.2 Å². The molecule has 0 bridgehead atoms. The Morgan fingerprint density at radius 1 is 1.30 bits per heavy atom. The summed E-state index contributed by atoms with van der Waals surface area (Å²) in [6, 6.07) is 4.69. The second-order valence-electron chi connectivity index (χ2n) is 5.76. The van der Waals surface area contributed by atoms with E-state index in [0.29, 0.717) is 6.04 Å². The Bertz CT molecular complexity index is 408. The standard InChI is InChI=1S/C16H27ClN2S/c1-4-16(5-2,19-10-6-7-11-19)14(18-3)12-13-8-9-15(17)20-13/h8-9,14,18H,4-7,10-12H2,1-3H3. The molecule has 1 aliphatic rings. The van der Waals surface area contributed by atoms with Crippen molar-refractivity contribution in [1.29, 1.82) is 0 Å². The molecule has 4 heteroatoms. The molecule has 1 aromatic rings. The third kappa shape index (κ3) is 3.22. The van der Waals surface area contributed by atoms with Crippen LogP contribution in [-0.4, -0.2) is 36.6 Å². The number of hydrogen-bond donors (Lipinski definition) is 1. The number of nitrogens with zero attached hydrogens (tertiary/aromatic N) is 1. The first-order chi connectivity index (χ1) is 9.66. The van der Waals surface area contributed by atoms with E-state index < -0.39 is 0 Å². The number of halogens is 1. The van der Waals surface area contributed by atoms with Gasteiger partial charge < -0.3 is 5.32 Å². The summed E-state index contributed by atoms with van der Waals surface area (Å²) in [5.41, 5.74) is 0.279. The second-order valence-corrected chi connectivity index (χ2v) is 7.56. The summed E-state index contributed by atoms with van der Waals surface area (Å²) in [7, 11) is 2.11. The molecule has 0 saturated carbocycles. The Hall–Kier alpha value is -0.0900. The van der Waals surface area contributed by atoms with E-state index in [0.717, 1.165) is 10.8 Å². The van der Waals surface area contributed by atoms with Crippen LogP contribution in [0, 0.1) is 0 Å². The molecule has 1 saturated heterocycles. The molecule has 1 N–H and O–H groups in total. The average molecular weight is 315 g/mol. The Morgan fingerprint density at radius 2 is 1.95 bits per heavy atom. The summed E-state index contributed by atoms with van der Waals surface area (Å²) < 4.78 is 0.898. The largest absolute Gasteiger partial charge is 0.315 e. The van der Waals surface area contributed by atoms with Crippen LogP contribution in [0.25, 0.3) is 0 Å². The molecule has 20 heavy (non-hydrogen) atoms. The zero-order valence-corrected chi connectivity index (χ0v) is 14.5. The molecule has 2 heterocycles. The predicted molar refractivity (Wildman–Crippen MR) is 90.0 cm³/mol. The minimum atomic E-state index is 0.279. The van der Waals surface area contributed by atoms with Gasteiger partial charge in [-0.15, -0.1) is 11.3 Å².